The summed E-state index contributed by atoms with van der Waals surface area (Å²) >= 11 is 1.63. The summed E-state index contributed by atoms with van der Waals surface area (Å²) in [5.41, 5.74) is 1.03. The molecule has 1 fully saturated rings. The van der Waals surface area contributed by atoms with Gasteiger partial charge in [0.2, 0.25) is 11.8 Å². The molecule has 2 amide bonds. The van der Waals surface area contributed by atoms with Crippen LogP contribution in [0.2, 0.25) is 0 Å². The monoisotopic (exact) mass is 309 g/mol. The molecule has 21 heavy (non-hydrogen) atoms. The van der Waals surface area contributed by atoms with Gasteiger partial charge in [0.25, 0.3) is 0 Å². The Balaban J connectivity index is 1.87. The van der Waals surface area contributed by atoms with E-state index >= 15 is 0 Å². The van der Waals surface area contributed by atoms with Crippen molar-refractivity contribution in [2.75, 3.05) is 6.54 Å². The van der Waals surface area contributed by atoms with E-state index in [4.69, 9.17) is 0 Å². The SMILES string of the molecule is CCC(CC)N1C(=O)CC(NCCc2nc(C)cs2)C1=O. The Labute approximate surface area is 129 Å². The van der Waals surface area contributed by atoms with Crippen LogP contribution in [0.4, 0.5) is 0 Å². The van der Waals surface area contributed by atoms with Gasteiger partial charge in [0.05, 0.1) is 17.5 Å². The molecule has 1 aliphatic rings. The van der Waals surface area contributed by atoms with E-state index < -0.39 is 0 Å². The van der Waals surface area contributed by atoms with Crippen molar-refractivity contribution in [3.05, 3.63) is 16.1 Å². The number of thiazole rings is 1. The zero-order valence-electron chi connectivity index (χ0n) is 12.9. The first-order chi connectivity index (χ1) is 10.1. The van der Waals surface area contributed by atoms with Gasteiger partial charge in [-0.15, -0.1) is 11.3 Å². The van der Waals surface area contributed by atoms with Crippen LogP contribution in [0.1, 0.15) is 43.8 Å². The van der Waals surface area contributed by atoms with Crippen LogP contribution in [0.3, 0.4) is 0 Å². The molecule has 1 aliphatic heterocycles. The molecular weight excluding hydrogens is 286 g/mol. The quantitative estimate of drug-likeness (QED) is 0.782. The lowest BCUT2D eigenvalue weighted by atomic mass is 10.1. The van der Waals surface area contributed by atoms with Gasteiger partial charge in [-0.3, -0.25) is 14.5 Å². The third-order valence-corrected chi connectivity index (χ3v) is 4.91. The molecule has 116 valence electrons. The summed E-state index contributed by atoms with van der Waals surface area (Å²) in [7, 11) is 0. The van der Waals surface area contributed by atoms with Gasteiger partial charge in [0, 0.05) is 30.1 Å². The molecule has 1 saturated heterocycles. The highest BCUT2D eigenvalue weighted by Crippen LogP contribution is 2.20. The van der Waals surface area contributed by atoms with Crippen LogP contribution in [0.5, 0.6) is 0 Å². The predicted molar refractivity (Wildman–Crippen MR) is 83.2 cm³/mol. The summed E-state index contributed by atoms with van der Waals surface area (Å²) in [5.74, 6) is -0.111. The molecule has 0 bridgehead atoms. The predicted octanol–water partition coefficient (Wildman–Crippen LogP) is 1.90. The molecule has 1 unspecified atom stereocenters. The van der Waals surface area contributed by atoms with E-state index in [-0.39, 0.29) is 30.3 Å². The largest absolute Gasteiger partial charge is 0.305 e. The minimum atomic E-state index is -0.362. The van der Waals surface area contributed by atoms with Crippen molar-refractivity contribution in [2.45, 2.75) is 58.5 Å². The fourth-order valence-corrected chi connectivity index (χ4v) is 3.49. The molecule has 0 spiro atoms. The summed E-state index contributed by atoms with van der Waals surface area (Å²) in [5, 5.41) is 6.29. The van der Waals surface area contributed by atoms with Gasteiger partial charge < -0.3 is 5.32 Å². The normalized spacial score (nSPS) is 19.0. The maximum absolute atomic E-state index is 12.4. The van der Waals surface area contributed by atoms with Crippen molar-refractivity contribution in [1.82, 2.24) is 15.2 Å². The number of hydrogen-bond donors (Lipinski definition) is 1. The van der Waals surface area contributed by atoms with Crippen LogP contribution >= 0.6 is 11.3 Å². The highest BCUT2D eigenvalue weighted by atomic mass is 32.1. The number of rotatable bonds is 7. The molecule has 0 saturated carbocycles. The summed E-state index contributed by atoms with van der Waals surface area (Å²) in [6.45, 7) is 6.67. The smallest absolute Gasteiger partial charge is 0.247 e. The van der Waals surface area contributed by atoms with Crippen LogP contribution in [0.15, 0.2) is 5.38 Å². The van der Waals surface area contributed by atoms with Crippen LogP contribution in [-0.4, -0.2) is 40.3 Å². The number of likely N-dealkylation sites (tertiary alicyclic amines) is 1. The second kappa shape index (κ2) is 7.13. The van der Waals surface area contributed by atoms with Crippen molar-refractivity contribution in [1.29, 1.82) is 0 Å². The summed E-state index contributed by atoms with van der Waals surface area (Å²) in [6, 6.07) is -0.322. The molecular formula is C15H23N3O2S. The topological polar surface area (TPSA) is 62.3 Å². The lowest BCUT2D eigenvalue weighted by Gasteiger charge is -2.24. The highest BCUT2D eigenvalue weighted by molar-refractivity contribution is 7.09. The van der Waals surface area contributed by atoms with Crippen molar-refractivity contribution in [3.8, 4) is 0 Å². The van der Waals surface area contributed by atoms with Gasteiger partial charge in [0.1, 0.15) is 0 Å². The van der Waals surface area contributed by atoms with Crippen LogP contribution in [0, 0.1) is 6.92 Å². The van der Waals surface area contributed by atoms with Crippen LogP contribution in [-0.2, 0) is 16.0 Å². The van der Waals surface area contributed by atoms with Gasteiger partial charge in [-0.2, -0.15) is 0 Å². The first-order valence-corrected chi connectivity index (χ1v) is 8.45. The minimum absolute atomic E-state index is 0.0402. The van der Waals surface area contributed by atoms with E-state index in [9.17, 15) is 9.59 Å². The van der Waals surface area contributed by atoms with E-state index in [0.717, 1.165) is 30.0 Å². The Morgan fingerprint density at radius 3 is 2.71 bits per heavy atom. The Kier molecular flexibility index (Phi) is 5.47. The number of amides is 2. The molecule has 5 nitrogen and oxygen atoms in total. The van der Waals surface area contributed by atoms with Gasteiger partial charge in [-0.05, 0) is 19.8 Å². The lowest BCUT2D eigenvalue weighted by molar-refractivity contribution is -0.141. The number of aryl methyl sites for hydroxylation is 1. The molecule has 0 radical (unpaired) electrons. The Morgan fingerprint density at radius 2 is 2.14 bits per heavy atom. The Morgan fingerprint density at radius 1 is 1.43 bits per heavy atom. The van der Waals surface area contributed by atoms with Crippen molar-refractivity contribution >= 4 is 23.2 Å². The number of imide groups is 1. The second-order valence-electron chi connectivity index (χ2n) is 5.42. The van der Waals surface area contributed by atoms with Gasteiger partial charge in [-0.1, -0.05) is 13.8 Å². The number of nitrogens with one attached hydrogen (secondary N) is 1. The highest BCUT2D eigenvalue weighted by Gasteiger charge is 2.40. The van der Waals surface area contributed by atoms with Crippen molar-refractivity contribution in [3.63, 3.8) is 0 Å². The van der Waals surface area contributed by atoms with E-state index in [0.29, 0.717) is 6.54 Å². The van der Waals surface area contributed by atoms with Crippen molar-refractivity contribution in [2.24, 2.45) is 0 Å². The minimum Gasteiger partial charge on any atom is -0.305 e. The molecule has 6 heteroatoms. The first kappa shape index (κ1) is 16.1. The third kappa shape index (κ3) is 3.68. The lowest BCUT2D eigenvalue weighted by Crippen LogP contribution is -2.44. The molecule has 1 atom stereocenters. The van der Waals surface area contributed by atoms with Crippen LogP contribution < -0.4 is 5.32 Å². The first-order valence-electron chi connectivity index (χ1n) is 7.57. The summed E-state index contributed by atoms with van der Waals surface area (Å²) in [4.78, 5) is 30.3. The second-order valence-corrected chi connectivity index (χ2v) is 6.36. The molecule has 2 heterocycles. The standard InChI is InChI=1S/C15H23N3O2S/c1-4-11(5-2)18-14(19)8-12(15(18)20)16-7-6-13-17-10(3)9-21-13/h9,11-12,16H,4-8H2,1-3H3. The van der Waals surface area contributed by atoms with Crippen molar-refractivity contribution < 1.29 is 9.59 Å². The number of hydrogen-bond acceptors (Lipinski definition) is 5. The third-order valence-electron chi connectivity index (χ3n) is 3.89. The molecule has 0 aromatic carbocycles. The summed E-state index contributed by atoms with van der Waals surface area (Å²) in [6.07, 6.45) is 2.71. The average molecular weight is 309 g/mol. The fraction of sp³-hybridized carbons (Fsp3) is 0.667. The van der Waals surface area contributed by atoms with Crippen LogP contribution in [0.25, 0.3) is 0 Å². The molecule has 0 aliphatic carbocycles. The zero-order valence-corrected chi connectivity index (χ0v) is 13.7. The van der Waals surface area contributed by atoms with E-state index in [1.54, 1.807) is 11.3 Å². The van der Waals surface area contributed by atoms with Gasteiger partial charge in [-0.25, -0.2) is 4.98 Å². The zero-order chi connectivity index (χ0) is 15.4. The number of carbonyl (C=O) groups excluding carboxylic acids is 2. The maximum Gasteiger partial charge on any atom is 0.247 e. The average Bonchev–Trinajstić information content (AvgIpc) is 2.98. The molecule has 1 aromatic rings. The van der Waals surface area contributed by atoms with E-state index in [1.165, 1.54) is 4.90 Å². The number of nitrogens with zero attached hydrogens (tertiary/aromatic N) is 2. The Hall–Kier alpha value is -1.27. The van der Waals surface area contributed by atoms with E-state index in [1.807, 2.05) is 26.2 Å². The van der Waals surface area contributed by atoms with E-state index in [2.05, 4.69) is 10.3 Å². The number of aromatic nitrogens is 1. The molecule has 1 aromatic heterocycles. The molecule has 2 rings (SSSR count). The Bertz CT molecular complexity index is 511. The molecule has 1 N–H and O–H groups in total. The fourth-order valence-electron chi connectivity index (χ4n) is 2.72. The summed E-state index contributed by atoms with van der Waals surface area (Å²) < 4.78 is 0. The number of carbonyl (C=O) groups is 2. The maximum atomic E-state index is 12.4. The van der Waals surface area contributed by atoms with Gasteiger partial charge >= 0.3 is 0 Å². The van der Waals surface area contributed by atoms with Gasteiger partial charge in [0.15, 0.2) is 0 Å².